The lowest BCUT2D eigenvalue weighted by Crippen LogP contribution is -2.67. The van der Waals surface area contributed by atoms with Gasteiger partial charge in [-0.3, -0.25) is 9.59 Å². The minimum atomic E-state index is -2.73. The molecule has 2 heterocycles. The number of Topliss-reactive ketones (excluding diaryl/α,β-unsaturated/α-hetero) is 1. The van der Waals surface area contributed by atoms with Gasteiger partial charge in [-0.1, -0.05) is 102 Å². The normalized spacial score (nSPS) is 24.2. The maximum absolute atomic E-state index is 13.6. The van der Waals surface area contributed by atoms with Gasteiger partial charge in [-0.2, -0.15) is 0 Å². The predicted octanol–water partition coefficient (Wildman–Crippen LogP) is 7.78. The second-order valence-electron chi connectivity index (χ2n) is 17.3. The summed E-state index contributed by atoms with van der Waals surface area (Å²) in [6, 6.07) is 21.4. The molecule has 6 nitrogen and oxygen atoms in total. The van der Waals surface area contributed by atoms with Crippen molar-refractivity contribution in [3.05, 3.63) is 60.7 Å². The number of hydrogen-bond acceptors (Lipinski definition) is 7. The summed E-state index contributed by atoms with van der Waals surface area (Å²) in [4.78, 5) is 25.9. The fraction of sp³-hybridized carbons (Fsp3) is 0.641. The summed E-state index contributed by atoms with van der Waals surface area (Å²) in [6.45, 7) is 24.5. The topological polar surface area (TPSA) is 71.1 Å². The van der Waals surface area contributed by atoms with E-state index in [0.29, 0.717) is 19.4 Å². The van der Waals surface area contributed by atoms with Crippen molar-refractivity contribution in [3.8, 4) is 0 Å². The molecule has 0 aliphatic carbocycles. The van der Waals surface area contributed by atoms with Crippen molar-refractivity contribution in [2.45, 2.75) is 128 Å². The number of ketones is 1. The van der Waals surface area contributed by atoms with Crippen LogP contribution >= 0.6 is 11.8 Å². The zero-order valence-electron chi connectivity index (χ0n) is 31.3. The highest BCUT2D eigenvalue weighted by Crippen LogP contribution is 2.43. The first kappa shape index (κ1) is 39.0. The number of carbonyl (C=O) groups excluding carboxylic acids is 2. The van der Waals surface area contributed by atoms with Crippen LogP contribution in [0.5, 0.6) is 0 Å². The predicted molar refractivity (Wildman–Crippen MR) is 203 cm³/mol. The molecule has 2 aliphatic heterocycles. The summed E-state index contributed by atoms with van der Waals surface area (Å²) in [6.07, 6.45) is 1.52. The van der Waals surface area contributed by atoms with Crippen molar-refractivity contribution in [2.24, 2.45) is 11.3 Å². The molecule has 4 rings (SSSR count). The Morgan fingerprint density at radius 1 is 0.875 bits per heavy atom. The summed E-state index contributed by atoms with van der Waals surface area (Å²) < 4.78 is 26.7. The van der Waals surface area contributed by atoms with Crippen LogP contribution in [-0.2, 0) is 27.9 Å². The molecule has 0 N–H and O–H groups in total. The molecule has 9 heteroatoms. The summed E-state index contributed by atoms with van der Waals surface area (Å²) >= 11 is 1.68. The van der Waals surface area contributed by atoms with Gasteiger partial charge in [0.25, 0.3) is 8.32 Å². The first-order valence-corrected chi connectivity index (χ1v) is 23.5. The van der Waals surface area contributed by atoms with Crippen molar-refractivity contribution in [1.29, 1.82) is 0 Å². The highest BCUT2D eigenvalue weighted by molar-refractivity contribution is 8.01. The third kappa shape index (κ3) is 8.93. The van der Waals surface area contributed by atoms with E-state index >= 15 is 0 Å². The molecule has 266 valence electrons. The average Bonchev–Trinajstić information content (AvgIpc) is 3.54. The van der Waals surface area contributed by atoms with Gasteiger partial charge in [0, 0.05) is 24.5 Å². The Kier molecular flexibility index (Phi) is 12.4. The van der Waals surface area contributed by atoms with E-state index in [2.05, 4.69) is 115 Å². The van der Waals surface area contributed by atoms with Crippen molar-refractivity contribution in [1.82, 2.24) is 0 Å². The maximum atomic E-state index is 13.6. The standard InChI is InChI=1S/C39H60O6SSi2/c1-37(2,3)36(41)42-23-22-34-35(40)28(27-46-34)24-32-33(45-47(10,11)38(4,5)6)25-29(44-32)26-43-48(39(7,8)9,30-18-14-12-15-19-30)31-20-16-13-17-21-31/h12-21,28-29,32-34H,22-27H2,1-11H3/t28-,29-,32+,33+,34+/m0/s1. The molecule has 0 bridgehead atoms. The summed E-state index contributed by atoms with van der Waals surface area (Å²) in [5.74, 6) is 0.663. The Bertz CT molecular complexity index is 1320. The van der Waals surface area contributed by atoms with Crippen molar-refractivity contribution in [2.75, 3.05) is 19.0 Å². The van der Waals surface area contributed by atoms with E-state index in [4.69, 9.17) is 18.3 Å². The molecular weight excluding hydrogens is 653 g/mol. The SMILES string of the molecule is CC(C)(C)C(=O)OCC[C@H]1SC[C@H](C[C@H]2O[C@H](CO[Si](c3ccccc3)(c3ccccc3)C(C)(C)C)C[C@H]2O[Si](C)(C)C(C)(C)C)C1=O. The number of hydrogen-bond donors (Lipinski definition) is 0. The lowest BCUT2D eigenvalue weighted by Gasteiger charge is -2.43. The van der Waals surface area contributed by atoms with Gasteiger partial charge in [-0.15, -0.1) is 11.8 Å². The lowest BCUT2D eigenvalue weighted by atomic mass is 9.94. The quantitative estimate of drug-likeness (QED) is 0.165. The minimum Gasteiger partial charge on any atom is -0.465 e. The maximum Gasteiger partial charge on any atom is 0.311 e. The molecule has 0 radical (unpaired) electrons. The Morgan fingerprint density at radius 3 is 1.94 bits per heavy atom. The van der Waals surface area contributed by atoms with Crippen LogP contribution < -0.4 is 10.4 Å². The summed E-state index contributed by atoms with van der Waals surface area (Å²) in [7, 11) is -4.85. The highest BCUT2D eigenvalue weighted by Gasteiger charge is 2.52. The van der Waals surface area contributed by atoms with Crippen LogP contribution in [0.3, 0.4) is 0 Å². The van der Waals surface area contributed by atoms with Gasteiger partial charge in [0.05, 0.1) is 42.2 Å². The Morgan fingerprint density at radius 2 is 1.44 bits per heavy atom. The van der Waals surface area contributed by atoms with Crippen LogP contribution in [0.15, 0.2) is 60.7 Å². The van der Waals surface area contributed by atoms with Gasteiger partial charge in [-0.25, -0.2) is 0 Å². The first-order valence-electron chi connectivity index (χ1n) is 17.7. The Labute approximate surface area is 296 Å². The number of carbonyl (C=O) groups is 2. The molecule has 0 amide bonds. The number of rotatable bonds is 12. The van der Waals surface area contributed by atoms with Gasteiger partial charge in [0.15, 0.2) is 8.32 Å². The van der Waals surface area contributed by atoms with E-state index in [9.17, 15) is 9.59 Å². The fourth-order valence-corrected chi connectivity index (χ4v) is 13.9. The molecule has 48 heavy (non-hydrogen) atoms. The molecule has 2 saturated heterocycles. The van der Waals surface area contributed by atoms with Crippen molar-refractivity contribution >= 4 is 50.5 Å². The van der Waals surface area contributed by atoms with E-state index in [0.717, 1.165) is 12.2 Å². The van der Waals surface area contributed by atoms with Gasteiger partial charge in [0.1, 0.15) is 5.78 Å². The molecule has 0 unspecified atom stereocenters. The summed E-state index contributed by atoms with van der Waals surface area (Å²) in [5.41, 5.74) is -0.550. The number of benzene rings is 2. The number of ether oxygens (including phenoxy) is 2. The smallest absolute Gasteiger partial charge is 0.311 e. The van der Waals surface area contributed by atoms with Crippen LogP contribution in [-0.4, -0.2) is 70.9 Å². The molecule has 0 spiro atoms. The minimum absolute atomic E-state index is 0.0513. The van der Waals surface area contributed by atoms with E-state index in [-0.39, 0.29) is 57.9 Å². The van der Waals surface area contributed by atoms with Crippen LogP contribution in [0.25, 0.3) is 0 Å². The van der Waals surface area contributed by atoms with Gasteiger partial charge in [0.2, 0.25) is 0 Å². The zero-order valence-corrected chi connectivity index (χ0v) is 34.1. The van der Waals surface area contributed by atoms with E-state index in [1.54, 1.807) is 11.8 Å². The lowest BCUT2D eigenvalue weighted by molar-refractivity contribution is -0.153. The largest absolute Gasteiger partial charge is 0.465 e. The Hall–Kier alpha value is -1.76. The molecular formula is C39H60O6SSi2. The summed E-state index contributed by atoms with van der Waals surface area (Å²) in [5, 5.41) is 2.27. The zero-order chi connectivity index (χ0) is 35.5. The third-order valence-corrected chi connectivity index (χ3v) is 21.4. The van der Waals surface area contributed by atoms with Crippen LogP contribution in [0.4, 0.5) is 0 Å². The van der Waals surface area contributed by atoms with Crippen LogP contribution in [0.2, 0.25) is 23.2 Å². The second kappa shape index (κ2) is 15.2. The fourth-order valence-electron chi connectivity index (χ4n) is 6.60. The van der Waals surface area contributed by atoms with Crippen molar-refractivity contribution < 1.29 is 27.9 Å². The third-order valence-electron chi connectivity index (χ3n) is 10.4. The van der Waals surface area contributed by atoms with Crippen molar-refractivity contribution in [3.63, 3.8) is 0 Å². The number of esters is 1. The second-order valence-corrected chi connectivity index (χ2v) is 27.6. The van der Waals surface area contributed by atoms with Gasteiger partial charge in [-0.05, 0) is 60.7 Å². The average molecular weight is 713 g/mol. The van der Waals surface area contributed by atoms with Crippen LogP contribution in [0, 0.1) is 11.3 Å². The highest BCUT2D eigenvalue weighted by atomic mass is 32.2. The molecule has 0 saturated carbocycles. The van der Waals surface area contributed by atoms with E-state index in [1.807, 2.05) is 20.8 Å². The Balaban J connectivity index is 1.53. The first-order chi connectivity index (χ1) is 22.3. The molecule has 2 fully saturated rings. The van der Waals surface area contributed by atoms with Gasteiger partial charge < -0.3 is 18.3 Å². The van der Waals surface area contributed by atoms with E-state index in [1.165, 1.54) is 10.4 Å². The monoisotopic (exact) mass is 712 g/mol. The molecule has 2 aromatic carbocycles. The van der Waals surface area contributed by atoms with E-state index < -0.39 is 22.0 Å². The van der Waals surface area contributed by atoms with Crippen LogP contribution in [0.1, 0.15) is 81.6 Å². The van der Waals surface area contributed by atoms with Gasteiger partial charge >= 0.3 is 5.97 Å². The molecule has 5 atom stereocenters. The molecule has 0 aromatic heterocycles. The molecule has 2 aromatic rings. The molecule has 2 aliphatic rings. The number of thioether (sulfide) groups is 1.